The number of H-pyrrole nitrogens is 1. The van der Waals surface area contributed by atoms with Crippen molar-refractivity contribution in [2.75, 3.05) is 19.7 Å². The van der Waals surface area contributed by atoms with E-state index in [-0.39, 0.29) is 24.1 Å². The molecular weight excluding hydrogens is 313 g/mol. The molecule has 2 heterocycles. The molecule has 0 saturated carbocycles. The molecule has 0 spiro atoms. The fourth-order valence-corrected chi connectivity index (χ4v) is 2.87. The second-order valence-electron chi connectivity index (χ2n) is 5.76. The highest BCUT2D eigenvalue weighted by Gasteiger charge is 2.25. The Hall–Kier alpha value is -2.70. The molecule has 1 fully saturated rings. The number of benzene rings is 1. The van der Waals surface area contributed by atoms with E-state index in [1.54, 1.807) is 17.0 Å². The van der Waals surface area contributed by atoms with Crippen LogP contribution in [0.2, 0.25) is 0 Å². The third-order valence-corrected chi connectivity index (χ3v) is 4.07. The molecule has 1 saturated heterocycles. The summed E-state index contributed by atoms with van der Waals surface area (Å²) in [5, 5.41) is 0. The van der Waals surface area contributed by atoms with Gasteiger partial charge < -0.3 is 14.6 Å². The van der Waals surface area contributed by atoms with Gasteiger partial charge in [0.2, 0.25) is 0 Å². The highest BCUT2D eigenvalue weighted by Crippen LogP contribution is 2.24. The quantitative estimate of drug-likeness (QED) is 0.925. The van der Waals surface area contributed by atoms with Crippen LogP contribution in [0.4, 0.5) is 4.39 Å². The molecule has 0 bridgehead atoms. The maximum absolute atomic E-state index is 13.1. The van der Waals surface area contributed by atoms with Crippen LogP contribution in [0.1, 0.15) is 24.5 Å². The summed E-state index contributed by atoms with van der Waals surface area (Å²) in [5.41, 5.74) is 0.406. The van der Waals surface area contributed by atoms with Crippen LogP contribution in [0.25, 0.3) is 0 Å². The van der Waals surface area contributed by atoms with Gasteiger partial charge in [-0.3, -0.25) is 4.79 Å². The molecule has 24 heavy (non-hydrogen) atoms. The Morgan fingerprint density at radius 3 is 3.08 bits per heavy atom. The van der Waals surface area contributed by atoms with Crippen molar-refractivity contribution in [1.29, 1.82) is 0 Å². The van der Waals surface area contributed by atoms with Gasteiger partial charge in [-0.2, -0.15) is 0 Å². The first-order valence-corrected chi connectivity index (χ1v) is 7.83. The molecule has 1 atom stereocenters. The van der Waals surface area contributed by atoms with E-state index >= 15 is 0 Å². The van der Waals surface area contributed by atoms with Gasteiger partial charge in [0, 0.05) is 37.0 Å². The number of nitrogens with zero attached hydrogens (tertiary/aromatic N) is 2. The average molecular weight is 331 g/mol. The van der Waals surface area contributed by atoms with E-state index < -0.39 is 5.82 Å². The van der Waals surface area contributed by atoms with Crippen LogP contribution < -0.4 is 10.4 Å². The lowest BCUT2D eigenvalue weighted by atomic mass is 9.94. The van der Waals surface area contributed by atoms with Gasteiger partial charge >= 0.3 is 5.69 Å². The van der Waals surface area contributed by atoms with Crippen molar-refractivity contribution in [2.45, 2.75) is 18.8 Å². The average Bonchev–Trinajstić information content (AvgIpc) is 2.60. The zero-order valence-corrected chi connectivity index (χ0v) is 13.1. The Labute approximate surface area is 138 Å². The largest absolute Gasteiger partial charge is 0.484 e. The van der Waals surface area contributed by atoms with Gasteiger partial charge in [0.05, 0.1) is 0 Å². The van der Waals surface area contributed by atoms with E-state index in [9.17, 15) is 14.0 Å². The number of piperidine rings is 1. The van der Waals surface area contributed by atoms with Gasteiger partial charge in [0.1, 0.15) is 11.6 Å². The summed E-state index contributed by atoms with van der Waals surface area (Å²) in [7, 11) is 0. The first-order chi connectivity index (χ1) is 11.6. The van der Waals surface area contributed by atoms with Crippen LogP contribution in [0.5, 0.6) is 5.75 Å². The predicted octanol–water partition coefficient (Wildman–Crippen LogP) is 1.69. The van der Waals surface area contributed by atoms with E-state index in [0.29, 0.717) is 18.8 Å². The van der Waals surface area contributed by atoms with Gasteiger partial charge in [0.25, 0.3) is 5.91 Å². The highest BCUT2D eigenvalue weighted by molar-refractivity contribution is 5.78. The van der Waals surface area contributed by atoms with Crippen molar-refractivity contribution in [1.82, 2.24) is 14.9 Å². The maximum Gasteiger partial charge on any atom is 0.345 e. The molecular formula is C17H18FN3O3. The van der Waals surface area contributed by atoms with Crippen molar-refractivity contribution in [3.63, 3.8) is 0 Å². The van der Waals surface area contributed by atoms with Crippen LogP contribution in [0.3, 0.4) is 0 Å². The van der Waals surface area contributed by atoms with Crippen molar-refractivity contribution < 1.29 is 13.9 Å². The molecule has 0 radical (unpaired) electrons. The Balaban J connectivity index is 1.60. The number of ether oxygens (including phenoxy) is 1. The van der Waals surface area contributed by atoms with Crippen LogP contribution in [0.15, 0.2) is 41.3 Å². The van der Waals surface area contributed by atoms with E-state index in [1.165, 1.54) is 24.4 Å². The van der Waals surface area contributed by atoms with Crippen molar-refractivity contribution in [2.24, 2.45) is 0 Å². The minimum Gasteiger partial charge on any atom is -0.484 e. The van der Waals surface area contributed by atoms with Crippen LogP contribution in [0, 0.1) is 5.82 Å². The van der Waals surface area contributed by atoms with E-state index in [0.717, 1.165) is 18.5 Å². The Kier molecular flexibility index (Phi) is 4.88. The normalized spacial score (nSPS) is 17.5. The number of halogens is 1. The number of nitrogens with one attached hydrogen (secondary N) is 1. The summed E-state index contributed by atoms with van der Waals surface area (Å²) in [5.74, 6) is -0.150. The summed E-state index contributed by atoms with van der Waals surface area (Å²) in [6.45, 7) is 1.03. The molecule has 0 aliphatic carbocycles. The fourth-order valence-electron chi connectivity index (χ4n) is 2.87. The van der Waals surface area contributed by atoms with Crippen molar-refractivity contribution >= 4 is 5.91 Å². The third-order valence-electron chi connectivity index (χ3n) is 4.07. The summed E-state index contributed by atoms with van der Waals surface area (Å²) in [6.07, 6.45) is 3.22. The number of amides is 1. The Morgan fingerprint density at radius 2 is 2.29 bits per heavy atom. The standard InChI is InChI=1S/C17H18FN3O3/c18-13-4-1-5-14(9-13)24-11-16(22)21-8-2-3-12(10-21)15-6-7-19-17(23)20-15/h1,4-7,9,12H,2-3,8,10-11H2,(H,19,20,23)/t12-/m1/s1. The molecule has 1 N–H and O–H groups in total. The van der Waals surface area contributed by atoms with E-state index in [2.05, 4.69) is 9.97 Å². The molecule has 3 rings (SSSR count). The number of carbonyl (C=O) groups is 1. The number of carbonyl (C=O) groups excluding carboxylic acids is 1. The summed E-state index contributed by atoms with van der Waals surface area (Å²) in [6, 6.07) is 7.47. The lowest BCUT2D eigenvalue weighted by Crippen LogP contribution is -2.42. The van der Waals surface area contributed by atoms with Gasteiger partial charge in [-0.15, -0.1) is 0 Å². The zero-order valence-electron chi connectivity index (χ0n) is 13.1. The first kappa shape index (κ1) is 16.2. The highest BCUT2D eigenvalue weighted by atomic mass is 19.1. The predicted molar refractivity (Wildman–Crippen MR) is 85.3 cm³/mol. The van der Waals surface area contributed by atoms with Crippen molar-refractivity contribution in [3.05, 3.63) is 58.5 Å². The van der Waals surface area contributed by atoms with Crippen LogP contribution in [-0.2, 0) is 4.79 Å². The summed E-state index contributed by atoms with van der Waals surface area (Å²) >= 11 is 0. The molecule has 1 aliphatic heterocycles. The Morgan fingerprint density at radius 1 is 1.42 bits per heavy atom. The van der Waals surface area contributed by atoms with Gasteiger partial charge in [0.15, 0.2) is 6.61 Å². The van der Waals surface area contributed by atoms with Crippen LogP contribution in [-0.4, -0.2) is 40.5 Å². The number of likely N-dealkylation sites (tertiary alicyclic amines) is 1. The minimum absolute atomic E-state index is 0.0765. The second-order valence-corrected chi connectivity index (χ2v) is 5.76. The lowest BCUT2D eigenvalue weighted by molar-refractivity contribution is -0.134. The summed E-state index contributed by atoms with van der Waals surface area (Å²) < 4.78 is 18.5. The number of aromatic nitrogens is 2. The molecule has 6 nitrogen and oxygen atoms in total. The monoisotopic (exact) mass is 331 g/mol. The minimum atomic E-state index is -0.403. The smallest absolute Gasteiger partial charge is 0.345 e. The lowest BCUT2D eigenvalue weighted by Gasteiger charge is -2.32. The topological polar surface area (TPSA) is 75.3 Å². The third kappa shape index (κ3) is 3.98. The zero-order chi connectivity index (χ0) is 16.9. The number of hydrogen-bond donors (Lipinski definition) is 1. The molecule has 1 aromatic carbocycles. The molecule has 1 aromatic heterocycles. The van der Waals surface area contributed by atoms with E-state index in [4.69, 9.17) is 4.74 Å². The molecule has 126 valence electrons. The van der Waals surface area contributed by atoms with E-state index in [1.807, 2.05) is 0 Å². The number of hydrogen-bond acceptors (Lipinski definition) is 4. The van der Waals surface area contributed by atoms with Gasteiger partial charge in [-0.25, -0.2) is 14.2 Å². The first-order valence-electron chi connectivity index (χ1n) is 7.83. The maximum atomic E-state index is 13.1. The van der Waals surface area contributed by atoms with Crippen LogP contribution >= 0.6 is 0 Å². The fraction of sp³-hybridized carbons (Fsp3) is 0.353. The molecule has 2 aromatic rings. The molecule has 0 unspecified atom stereocenters. The molecule has 1 amide bonds. The SMILES string of the molecule is O=C(COc1cccc(F)c1)N1CCC[C@@H](c2ccnc(=O)[nH]2)C1. The number of rotatable bonds is 4. The molecule has 7 heteroatoms. The Bertz CT molecular complexity index is 777. The van der Waals surface area contributed by atoms with Crippen molar-refractivity contribution in [3.8, 4) is 5.75 Å². The molecule has 1 aliphatic rings. The number of aromatic amines is 1. The van der Waals surface area contributed by atoms with Gasteiger partial charge in [-0.05, 0) is 31.0 Å². The summed E-state index contributed by atoms with van der Waals surface area (Å²) in [4.78, 5) is 31.7. The second kappa shape index (κ2) is 7.25. The van der Waals surface area contributed by atoms with Gasteiger partial charge in [-0.1, -0.05) is 6.07 Å².